The van der Waals surface area contributed by atoms with Gasteiger partial charge in [-0.05, 0) is 42.7 Å². The molecule has 100 valence electrons. The lowest BCUT2D eigenvalue weighted by molar-refractivity contribution is 0.598. The van der Waals surface area contributed by atoms with Crippen LogP contribution < -0.4 is 10.5 Å². The Morgan fingerprint density at radius 3 is 2.47 bits per heavy atom. The first kappa shape index (κ1) is 13.9. The monoisotopic (exact) mass is 295 g/mol. The molecule has 0 aliphatic rings. The number of hydrogen-bond acceptors (Lipinski definition) is 5. The Kier molecular flexibility index (Phi) is 4.08. The van der Waals surface area contributed by atoms with Gasteiger partial charge in [0.1, 0.15) is 4.90 Å². The lowest BCUT2D eigenvalue weighted by Gasteiger charge is -2.09. The topological polar surface area (TPSA) is 85.1 Å². The first-order valence-electron chi connectivity index (χ1n) is 5.39. The van der Waals surface area contributed by atoms with Crippen molar-refractivity contribution in [1.29, 1.82) is 0 Å². The van der Waals surface area contributed by atoms with Gasteiger partial charge in [-0.25, -0.2) is 18.5 Å². The highest BCUT2D eigenvalue weighted by molar-refractivity contribution is 7.98. The number of sulfonamides is 1. The highest BCUT2D eigenvalue weighted by Crippen LogP contribution is 2.23. The Balaban J connectivity index is 2.33. The van der Waals surface area contributed by atoms with Crippen LogP contribution >= 0.6 is 11.8 Å². The summed E-state index contributed by atoms with van der Waals surface area (Å²) in [4.78, 5) is 5.11. The van der Waals surface area contributed by atoms with Crippen molar-refractivity contribution in [3.8, 4) is 0 Å². The molecular formula is C12H13N3O2S2. The predicted molar refractivity (Wildman–Crippen MR) is 77.1 cm³/mol. The minimum atomic E-state index is -3.80. The third-order valence-corrected chi connectivity index (χ3v) is 4.12. The van der Waals surface area contributed by atoms with E-state index in [1.54, 1.807) is 11.8 Å². The zero-order chi connectivity index (χ0) is 13.9. The molecule has 0 amide bonds. The molecule has 2 aromatic rings. The highest BCUT2D eigenvalue weighted by Gasteiger charge is 2.14. The van der Waals surface area contributed by atoms with Crippen LogP contribution in [0.1, 0.15) is 0 Å². The summed E-state index contributed by atoms with van der Waals surface area (Å²) in [6.45, 7) is 0. The quantitative estimate of drug-likeness (QED) is 0.845. The van der Waals surface area contributed by atoms with E-state index in [1.807, 2.05) is 30.5 Å². The number of rotatable bonds is 4. The molecule has 1 aromatic carbocycles. The van der Waals surface area contributed by atoms with E-state index in [0.29, 0.717) is 0 Å². The van der Waals surface area contributed by atoms with Gasteiger partial charge in [-0.2, -0.15) is 0 Å². The van der Waals surface area contributed by atoms with Gasteiger partial charge in [-0.15, -0.1) is 11.8 Å². The molecule has 0 aliphatic heterocycles. The van der Waals surface area contributed by atoms with E-state index in [4.69, 9.17) is 5.14 Å². The van der Waals surface area contributed by atoms with E-state index in [0.717, 1.165) is 10.6 Å². The second kappa shape index (κ2) is 5.60. The summed E-state index contributed by atoms with van der Waals surface area (Å²) in [5, 5.41) is 8.10. The van der Waals surface area contributed by atoms with Crippen LogP contribution in [0.25, 0.3) is 0 Å². The first-order valence-corrected chi connectivity index (χ1v) is 8.17. The first-order chi connectivity index (χ1) is 9.00. The largest absolute Gasteiger partial charge is 0.339 e. The fourth-order valence-electron chi connectivity index (χ4n) is 1.53. The van der Waals surface area contributed by atoms with Gasteiger partial charge >= 0.3 is 0 Å². The molecule has 5 nitrogen and oxygen atoms in total. The van der Waals surface area contributed by atoms with Crippen molar-refractivity contribution in [1.82, 2.24) is 4.98 Å². The molecule has 2 rings (SSSR count). The van der Waals surface area contributed by atoms with Crippen molar-refractivity contribution in [3.05, 3.63) is 42.6 Å². The van der Waals surface area contributed by atoms with Crippen molar-refractivity contribution in [2.75, 3.05) is 11.6 Å². The van der Waals surface area contributed by atoms with Crippen LogP contribution in [0.3, 0.4) is 0 Å². The zero-order valence-corrected chi connectivity index (χ0v) is 11.8. The van der Waals surface area contributed by atoms with E-state index in [-0.39, 0.29) is 10.7 Å². The molecule has 0 unspecified atom stereocenters. The standard InChI is InChI=1S/C12H13N3O2S2/c1-18-10-6-4-9(5-7-10)15-12-11(19(13,16)17)3-2-8-14-12/h2-8H,1H3,(H,14,15)(H2,13,16,17). The smallest absolute Gasteiger partial charge is 0.241 e. The fraction of sp³-hybridized carbons (Fsp3) is 0.0833. The molecule has 0 radical (unpaired) electrons. The number of hydrogen-bond donors (Lipinski definition) is 2. The van der Waals surface area contributed by atoms with E-state index in [1.165, 1.54) is 18.3 Å². The maximum absolute atomic E-state index is 11.4. The van der Waals surface area contributed by atoms with Gasteiger partial charge in [0.05, 0.1) is 0 Å². The summed E-state index contributed by atoms with van der Waals surface area (Å²) in [5.74, 6) is 0.224. The minimum Gasteiger partial charge on any atom is -0.339 e. The molecule has 7 heteroatoms. The van der Waals surface area contributed by atoms with Gasteiger partial charge in [-0.1, -0.05) is 0 Å². The van der Waals surface area contributed by atoms with Crippen LogP contribution in [-0.2, 0) is 10.0 Å². The summed E-state index contributed by atoms with van der Waals surface area (Å²) in [6.07, 6.45) is 3.49. The molecule has 0 saturated heterocycles. The van der Waals surface area contributed by atoms with Crippen LogP contribution in [0.15, 0.2) is 52.4 Å². The Labute approximate surface area is 116 Å². The molecule has 0 atom stereocenters. The lowest BCUT2D eigenvalue weighted by atomic mass is 10.3. The van der Waals surface area contributed by atoms with Crippen LogP contribution in [-0.4, -0.2) is 19.7 Å². The summed E-state index contributed by atoms with van der Waals surface area (Å²) >= 11 is 1.63. The molecule has 0 fully saturated rings. The normalized spacial score (nSPS) is 11.3. The van der Waals surface area contributed by atoms with Gasteiger partial charge in [0, 0.05) is 16.8 Å². The molecule has 0 bridgehead atoms. The fourth-order valence-corrected chi connectivity index (χ4v) is 2.57. The Bertz CT molecular complexity index is 670. The summed E-state index contributed by atoms with van der Waals surface area (Å²) < 4.78 is 22.9. The van der Waals surface area contributed by atoms with Crippen LogP contribution in [0, 0.1) is 0 Å². The van der Waals surface area contributed by atoms with Crippen molar-refractivity contribution in [2.45, 2.75) is 9.79 Å². The number of primary sulfonamides is 1. The van der Waals surface area contributed by atoms with Gasteiger partial charge in [0.2, 0.25) is 10.0 Å². The van der Waals surface area contributed by atoms with Crippen LogP contribution in [0.2, 0.25) is 0 Å². The van der Waals surface area contributed by atoms with Crippen molar-refractivity contribution >= 4 is 33.3 Å². The van der Waals surface area contributed by atoms with E-state index >= 15 is 0 Å². The maximum atomic E-state index is 11.4. The molecule has 0 saturated carbocycles. The number of pyridine rings is 1. The number of aromatic nitrogens is 1. The minimum absolute atomic E-state index is 0.0241. The average Bonchev–Trinajstić information content (AvgIpc) is 2.39. The predicted octanol–water partition coefficient (Wildman–Crippen LogP) is 2.19. The zero-order valence-electron chi connectivity index (χ0n) is 10.2. The van der Waals surface area contributed by atoms with Crippen LogP contribution in [0.4, 0.5) is 11.5 Å². The number of thioether (sulfide) groups is 1. The molecule has 0 spiro atoms. The van der Waals surface area contributed by atoms with E-state index in [9.17, 15) is 8.42 Å². The molecule has 19 heavy (non-hydrogen) atoms. The van der Waals surface area contributed by atoms with E-state index in [2.05, 4.69) is 10.3 Å². The van der Waals surface area contributed by atoms with E-state index < -0.39 is 10.0 Å². The third-order valence-electron chi connectivity index (χ3n) is 2.43. The number of anilines is 2. The number of nitrogens with one attached hydrogen (secondary N) is 1. The second-order valence-electron chi connectivity index (χ2n) is 3.75. The highest BCUT2D eigenvalue weighted by atomic mass is 32.2. The van der Waals surface area contributed by atoms with Crippen LogP contribution in [0.5, 0.6) is 0 Å². The lowest BCUT2D eigenvalue weighted by Crippen LogP contribution is -2.14. The van der Waals surface area contributed by atoms with Gasteiger partial charge in [-0.3, -0.25) is 0 Å². The Hall–Kier alpha value is -1.57. The molecule has 0 aliphatic carbocycles. The summed E-state index contributed by atoms with van der Waals surface area (Å²) in [5.41, 5.74) is 0.751. The number of nitrogens with two attached hydrogens (primary N) is 1. The Morgan fingerprint density at radius 1 is 1.21 bits per heavy atom. The van der Waals surface area contributed by atoms with Crippen molar-refractivity contribution < 1.29 is 8.42 Å². The van der Waals surface area contributed by atoms with Crippen molar-refractivity contribution in [3.63, 3.8) is 0 Å². The van der Waals surface area contributed by atoms with Gasteiger partial charge in [0.25, 0.3) is 0 Å². The number of benzene rings is 1. The van der Waals surface area contributed by atoms with Gasteiger partial charge < -0.3 is 5.32 Å². The average molecular weight is 295 g/mol. The maximum Gasteiger partial charge on any atom is 0.241 e. The molecule has 1 aromatic heterocycles. The van der Waals surface area contributed by atoms with Crippen molar-refractivity contribution in [2.24, 2.45) is 5.14 Å². The number of nitrogens with zero attached hydrogens (tertiary/aromatic N) is 1. The summed E-state index contributed by atoms with van der Waals surface area (Å²) in [6, 6.07) is 10.5. The molecule has 1 heterocycles. The third kappa shape index (κ3) is 3.46. The molecular weight excluding hydrogens is 282 g/mol. The Morgan fingerprint density at radius 2 is 1.89 bits per heavy atom. The summed E-state index contributed by atoms with van der Waals surface area (Å²) in [7, 11) is -3.80. The SMILES string of the molecule is CSc1ccc(Nc2ncccc2S(N)(=O)=O)cc1. The van der Waals surface area contributed by atoms with Gasteiger partial charge in [0.15, 0.2) is 5.82 Å². The molecule has 3 N–H and O–H groups in total. The second-order valence-corrected chi connectivity index (χ2v) is 6.16.